The Kier molecular flexibility index (Phi) is 6.58. The maximum atomic E-state index is 4.77. The molecule has 0 bridgehead atoms. The lowest BCUT2D eigenvalue weighted by Crippen LogP contribution is -2.28. The number of hydrogen-bond donors (Lipinski definition) is 0. The van der Waals surface area contributed by atoms with Crippen molar-refractivity contribution >= 4 is 46.5 Å². The zero-order valence-corrected chi connectivity index (χ0v) is 24.5. The number of aliphatic imine (C=N–C) groups is 2. The number of thiophene rings is 2. The van der Waals surface area contributed by atoms with E-state index in [1.807, 2.05) is 12.4 Å². The first kappa shape index (κ1) is 25.6. The van der Waals surface area contributed by atoms with Gasteiger partial charge in [-0.25, -0.2) is 0 Å². The molecule has 7 rings (SSSR count). The predicted octanol–water partition coefficient (Wildman–Crippen LogP) is 10.3. The Balaban J connectivity index is 1.34. The molecular formula is C37H28N2S2. The molecule has 41 heavy (non-hydrogen) atoms. The lowest BCUT2D eigenvalue weighted by Gasteiger charge is -2.34. The Morgan fingerprint density at radius 3 is 1.29 bits per heavy atom. The van der Waals surface area contributed by atoms with Gasteiger partial charge < -0.3 is 0 Å². The van der Waals surface area contributed by atoms with E-state index in [1.54, 1.807) is 22.7 Å². The average molecular weight is 565 g/mol. The van der Waals surface area contributed by atoms with E-state index in [0.29, 0.717) is 0 Å². The van der Waals surface area contributed by atoms with E-state index in [9.17, 15) is 0 Å². The molecule has 4 aromatic carbocycles. The van der Waals surface area contributed by atoms with E-state index < -0.39 is 5.41 Å². The fourth-order valence-corrected chi connectivity index (χ4v) is 7.44. The van der Waals surface area contributed by atoms with Crippen LogP contribution < -0.4 is 0 Å². The van der Waals surface area contributed by atoms with Gasteiger partial charge in [0.15, 0.2) is 0 Å². The van der Waals surface area contributed by atoms with Crippen LogP contribution >= 0.6 is 22.7 Å². The first-order valence-electron chi connectivity index (χ1n) is 13.7. The summed E-state index contributed by atoms with van der Waals surface area (Å²) < 4.78 is 0. The molecule has 2 nitrogen and oxygen atoms in total. The summed E-state index contributed by atoms with van der Waals surface area (Å²) in [4.78, 5) is 14.5. The maximum absolute atomic E-state index is 4.77. The summed E-state index contributed by atoms with van der Waals surface area (Å²) in [6.07, 6.45) is 3.92. The third kappa shape index (κ3) is 4.59. The van der Waals surface area contributed by atoms with Crippen LogP contribution in [0.2, 0.25) is 0 Å². The zero-order valence-electron chi connectivity index (χ0n) is 22.9. The molecule has 0 saturated heterocycles. The highest BCUT2D eigenvalue weighted by Crippen LogP contribution is 2.56. The molecule has 0 atom stereocenters. The minimum absolute atomic E-state index is 0.437. The summed E-state index contributed by atoms with van der Waals surface area (Å²) in [7, 11) is 0. The zero-order chi connectivity index (χ0) is 27.8. The molecule has 198 valence electrons. The summed E-state index contributed by atoms with van der Waals surface area (Å²) in [5, 5.41) is 0. The standard InChI is InChI=1S/C37H28N2S2/c1-25-11-21-31(40-25)23-38-29-17-13-27(14-18-29)37(35-9-5-3-7-33(35)34-8-4-6-10-36(34)37)28-15-19-30(20-16-28)39-24-32-22-12-26(2)41-32/h3-24H,1-2H3. The number of benzene rings is 4. The van der Waals surface area contributed by atoms with Gasteiger partial charge in [0.1, 0.15) is 0 Å². The maximum Gasteiger partial charge on any atom is 0.0713 e. The SMILES string of the molecule is Cc1ccc(C=Nc2ccc(C3(c4ccc(N=Cc5ccc(C)s5)cc4)c4ccccc4-c4ccccc43)cc2)s1. The summed E-state index contributed by atoms with van der Waals surface area (Å²) in [5.41, 5.74) is 9.09. The van der Waals surface area contributed by atoms with Crippen molar-refractivity contribution in [1.82, 2.24) is 0 Å². The highest BCUT2D eigenvalue weighted by Gasteiger charge is 2.45. The second kappa shape index (κ2) is 10.5. The van der Waals surface area contributed by atoms with Gasteiger partial charge in [0, 0.05) is 31.9 Å². The molecule has 0 N–H and O–H groups in total. The number of aryl methyl sites for hydroxylation is 2. The molecule has 0 spiro atoms. The molecular weight excluding hydrogens is 537 g/mol. The minimum atomic E-state index is -0.437. The molecule has 0 fully saturated rings. The molecule has 0 saturated carbocycles. The molecule has 0 radical (unpaired) electrons. The summed E-state index contributed by atoms with van der Waals surface area (Å²) in [6, 6.07) is 43.7. The van der Waals surface area contributed by atoms with Gasteiger partial charge in [-0.3, -0.25) is 9.98 Å². The van der Waals surface area contributed by atoms with Crippen molar-refractivity contribution in [3.05, 3.63) is 163 Å². The molecule has 0 unspecified atom stereocenters. The van der Waals surface area contributed by atoms with Gasteiger partial charge in [0.05, 0.1) is 16.8 Å². The highest BCUT2D eigenvalue weighted by atomic mass is 32.1. The summed E-state index contributed by atoms with van der Waals surface area (Å²) in [6.45, 7) is 4.24. The van der Waals surface area contributed by atoms with Gasteiger partial charge >= 0.3 is 0 Å². The first-order valence-corrected chi connectivity index (χ1v) is 15.4. The monoisotopic (exact) mass is 564 g/mol. The van der Waals surface area contributed by atoms with Gasteiger partial charge in [-0.15, -0.1) is 22.7 Å². The van der Waals surface area contributed by atoms with Crippen LogP contribution in [0, 0.1) is 13.8 Å². The van der Waals surface area contributed by atoms with Crippen LogP contribution in [0.3, 0.4) is 0 Å². The van der Waals surface area contributed by atoms with Crippen molar-refractivity contribution in [2.45, 2.75) is 19.3 Å². The Hall–Kier alpha value is -4.38. The number of rotatable bonds is 6. The fourth-order valence-electron chi connectivity index (χ4n) is 5.94. The van der Waals surface area contributed by atoms with Crippen molar-refractivity contribution in [3.8, 4) is 11.1 Å². The predicted molar refractivity (Wildman–Crippen MR) is 176 cm³/mol. The second-order valence-electron chi connectivity index (χ2n) is 10.3. The van der Waals surface area contributed by atoms with Crippen LogP contribution in [0.5, 0.6) is 0 Å². The summed E-state index contributed by atoms with van der Waals surface area (Å²) in [5.74, 6) is 0. The fraction of sp³-hybridized carbons (Fsp3) is 0.0811. The van der Waals surface area contributed by atoms with Crippen LogP contribution in [0.1, 0.15) is 41.8 Å². The summed E-state index contributed by atoms with van der Waals surface area (Å²) >= 11 is 3.51. The highest BCUT2D eigenvalue weighted by molar-refractivity contribution is 7.13. The lowest BCUT2D eigenvalue weighted by molar-refractivity contribution is 0.768. The Labute approximate surface area is 249 Å². The van der Waals surface area contributed by atoms with Gasteiger partial charge in [0.2, 0.25) is 0 Å². The molecule has 0 amide bonds. The van der Waals surface area contributed by atoms with Crippen molar-refractivity contribution in [2.24, 2.45) is 9.98 Å². The molecule has 0 aliphatic heterocycles. The molecule has 4 heteroatoms. The number of fused-ring (bicyclic) bond motifs is 3. The topological polar surface area (TPSA) is 24.7 Å². The van der Waals surface area contributed by atoms with E-state index in [2.05, 4.69) is 135 Å². The van der Waals surface area contributed by atoms with E-state index >= 15 is 0 Å². The molecule has 2 heterocycles. The average Bonchev–Trinajstić information content (AvgIpc) is 3.71. The third-order valence-electron chi connectivity index (χ3n) is 7.76. The van der Waals surface area contributed by atoms with Gasteiger partial charge in [0.25, 0.3) is 0 Å². The number of hydrogen-bond acceptors (Lipinski definition) is 4. The smallest absolute Gasteiger partial charge is 0.0713 e. The van der Waals surface area contributed by atoms with Gasteiger partial charge in [-0.1, -0.05) is 72.8 Å². The molecule has 1 aliphatic rings. The quantitative estimate of drug-likeness (QED) is 0.180. The third-order valence-corrected chi connectivity index (χ3v) is 9.63. The molecule has 2 aromatic heterocycles. The van der Waals surface area contributed by atoms with Crippen molar-refractivity contribution in [2.75, 3.05) is 0 Å². The Morgan fingerprint density at radius 2 is 0.902 bits per heavy atom. The first-order chi connectivity index (χ1) is 20.1. The van der Waals surface area contributed by atoms with Crippen LogP contribution in [-0.4, -0.2) is 12.4 Å². The van der Waals surface area contributed by atoms with Gasteiger partial charge in [-0.2, -0.15) is 0 Å². The molecule has 1 aliphatic carbocycles. The second-order valence-corrected chi connectivity index (χ2v) is 13.0. The van der Waals surface area contributed by atoms with E-state index in [-0.39, 0.29) is 0 Å². The largest absolute Gasteiger partial charge is 0.255 e. The van der Waals surface area contributed by atoms with Crippen molar-refractivity contribution < 1.29 is 0 Å². The lowest BCUT2D eigenvalue weighted by atomic mass is 9.67. The van der Waals surface area contributed by atoms with E-state index in [0.717, 1.165) is 11.4 Å². The Morgan fingerprint density at radius 1 is 0.488 bits per heavy atom. The van der Waals surface area contributed by atoms with Crippen LogP contribution in [0.4, 0.5) is 11.4 Å². The van der Waals surface area contributed by atoms with E-state index in [4.69, 9.17) is 9.98 Å². The minimum Gasteiger partial charge on any atom is -0.255 e. The van der Waals surface area contributed by atoms with Crippen LogP contribution in [-0.2, 0) is 5.41 Å². The normalized spacial score (nSPS) is 13.6. The number of nitrogens with zero attached hydrogens (tertiary/aromatic N) is 2. The van der Waals surface area contributed by atoms with Crippen molar-refractivity contribution in [1.29, 1.82) is 0 Å². The molecule has 6 aromatic rings. The van der Waals surface area contributed by atoms with E-state index in [1.165, 1.54) is 52.9 Å². The van der Waals surface area contributed by atoms with Gasteiger partial charge in [-0.05, 0) is 95.8 Å². The van der Waals surface area contributed by atoms with Crippen LogP contribution in [0.15, 0.2) is 131 Å². The van der Waals surface area contributed by atoms with Crippen LogP contribution in [0.25, 0.3) is 11.1 Å². The Bertz CT molecular complexity index is 1760. The van der Waals surface area contributed by atoms with Crippen molar-refractivity contribution in [3.63, 3.8) is 0 Å².